The molecule has 1 aliphatic heterocycles. The molecule has 2 aliphatic rings. The summed E-state index contributed by atoms with van der Waals surface area (Å²) in [5, 5.41) is 13.0. The Balaban J connectivity index is 1.61. The van der Waals surface area contributed by atoms with E-state index in [4.69, 9.17) is 11.6 Å². The molecule has 1 saturated heterocycles. The molecule has 4 nitrogen and oxygen atoms in total. The van der Waals surface area contributed by atoms with Gasteiger partial charge in [0.1, 0.15) is 5.82 Å². The first-order valence-corrected chi connectivity index (χ1v) is 8.02. The summed E-state index contributed by atoms with van der Waals surface area (Å²) in [4.78, 5) is 14.0. The zero-order valence-electron chi connectivity index (χ0n) is 12.3. The van der Waals surface area contributed by atoms with E-state index in [-0.39, 0.29) is 36.2 Å². The molecule has 1 aromatic rings. The van der Waals surface area contributed by atoms with Gasteiger partial charge in [0.2, 0.25) is 5.91 Å². The van der Waals surface area contributed by atoms with Crippen LogP contribution >= 0.6 is 11.6 Å². The van der Waals surface area contributed by atoms with Crippen molar-refractivity contribution in [2.24, 2.45) is 11.8 Å². The number of aliphatic hydroxyl groups excluding tert-OH is 1. The van der Waals surface area contributed by atoms with Crippen LogP contribution in [0.2, 0.25) is 5.02 Å². The lowest BCUT2D eigenvalue weighted by Gasteiger charge is -2.18. The number of amides is 1. The zero-order valence-corrected chi connectivity index (χ0v) is 13.0. The number of carbonyl (C=O) groups is 1. The first-order valence-electron chi connectivity index (χ1n) is 7.64. The molecule has 120 valence electrons. The molecular weight excluding hydrogens is 307 g/mol. The highest BCUT2D eigenvalue weighted by Crippen LogP contribution is 2.30. The Morgan fingerprint density at radius 2 is 2.18 bits per heavy atom. The third-order valence-electron chi connectivity index (χ3n) is 4.44. The minimum Gasteiger partial charge on any atom is -0.396 e. The summed E-state index contributed by atoms with van der Waals surface area (Å²) in [5.74, 6) is -0.0510. The number of hydrogen-bond acceptors (Lipinski definition) is 3. The van der Waals surface area contributed by atoms with Crippen LogP contribution in [0.25, 0.3) is 0 Å². The van der Waals surface area contributed by atoms with Gasteiger partial charge in [0.05, 0.1) is 0 Å². The summed E-state index contributed by atoms with van der Waals surface area (Å²) < 4.78 is 13.1. The molecule has 0 radical (unpaired) electrons. The molecule has 1 heterocycles. The molecule has 1 aromatic carbocycles. The molecule has 0 spiro atoms. The Labute approximate surface area is 134 Å². The van der Waals surface area contributed by atoms with Gasteiger partial charge in [-0.15, -0.1) is 0 Å². The molecule has 1 saturated carbocycles. The largest absolute Gasteiger partial charge is 0.396 e. The fourth-order valence-electron chi connectivity index (χ4n) is 2.98. The highest BCUT2D eigenvalue weighted by Gasteiger charge is 2.37. The van der Waals surface area contributed by atoms with Crippen molar-refractivity contribution in [1.82, 2.24) is 10.2 Å². The summed E-state index contributed by atoms with van der Waals surface area (Å²) in [6.45, 7) is 2.01. The van der Waals surface area contributed by atoms with Gasteiger partial charge < -0.3 is 10.4 Å². The summed E-state index contributed by atoms with van der Waals surface area (Å²) in [5.41, 5.74) is 0.855. The van der Waals surface area contributed by atoms with E-state index < -0.39 is 0 Å². The van der Waals surface area contributed by atoms with Crippen LogP contribution in [0.15, 0.2) is 18.2 Å². The van der Waals surface area contributed by atoms with Crippen LogP contribution in [0.3, 0.4) is 0 Å². The maximum atomic E-state index is 13.1. The summed E-state index contributed by atoms with van der Waals surface area (Å²) in [7, 11) is 0. The van der Waals surface area contributed by atoms with Crippen LogP contribution in [0, 0.1) is 17.7 Å². The minimum absolute atomic E-state index is 0.0296. The molecule has 1 amide bonds. The molecule has 2 fully saturated rings. The Bertz CT molecular complexity index is 565. The van der Waals surface area contributed by atoms with E-state index in [1.165, 1.54) is 12.1 Å². The second-order valence-corrected chi connectivity index (χ2v) is 6.67. The number of benzene rings is 1. The van der Waals surface area contributed by atoms with Gasteiger partial charge in [0.15, 0.2) is 0 Å². The monoisotopic (exact) mass is 326 g/mol. The number of rotatable bonds is 5. The van der Waals surface area contributed by atoms with Crippen LogP contribution in [-0.4, -0.2) is 41.7 Å². The van der Waals surface area contributed by atoms with E-state index in [2.05, 4.69) is 10.2 Å². The van der Waals surface area contributed by atoms with E-state index in [0.717, 1.165) is 18.4 Å². The molecule has 3 rings (SSSR count). The molecule has 1 aliphatic carbocycles. The first-order chi connectivity index (χ1) is 10.6. The number of nitrogens with one attached hydrogen (secondary N) is 1. The van der Waals surface area contributed by atoms with Crippen LogP contribution in [0.1, 0.15) is 18.4 Å². The molecule has 0 aromatic heterocycles. The van der Waals surface area contributed by atoms with Gasteiger partial charge >= 0.3 is 0 Å². The van der Waals surface area contributed by atoms with E-state index >= 15 is 0 Å². The Kier molecular flexibility index (Phi) is 4.66. The van der Waals surface area contributed by atoms with E-state index in [9.17, 15) is 14.3 Å². The predicted molar refractivity (Wildman–Crippen MR) is 81.9 cm³/mol. The fourth-order valence-corrected chi connectivity index (χ4v) is 3.20. The van der Waals surface area contributed by atoms with E-state index in [1.54, 1.807) is 6.07 Å². The van der Waals surface area contributed by atoms with Gasteiger partial charge in [0, 0.05) is 49.1 Å². The summed E-state index contributed by atoms with van der Waals surface area (Å²) >= 11 is 6.06. The van der Waals surface area contributed by atoms with Gasteiger partial charge in [-0.3, -0.25) is 9.69 Å². The lowest BCUT2D eigenvalue weighted by molar-refractivity contribution is -0.123. The maximum Gasteiger partial charge on any atom is 0.223 e. The van der Waals surface area contributed by atoms with Crippen molar-refractivity contribution in [1.29, 1.82) is 0 Å². The number of nitrogens with zero attached hydrogens (tertiary/aromatic N) is 1. The second-order valence-electron chi connectivity index (χ2n) is 6.26. The number of aliphatic hydroxyl groups is 1. The smallest absolute Gasteiger partial charge is 0.223 e. The van der Waals surface area contributed by atoms with Crippen molar-refractivity contribution in [2.75, 3.05) is 19.7 Å². The Morgan fingerprint density at radius 3 is 2.82 bits per heavy atom. The highest BCUT2D eigenvalue weighted by molar-refractivity contribution is 6.31. The second kappa shape index (κ2) is 6.52. The molecule has 6 heteroatoms. The molecule has 0 bridgehead atoms. The van der Waals surface area contributed by atoms with E-state index in [0.29, 0.717) is 24.7 Å². The third kappa shape index (κ3) is 3.59. The molecule has 2 N–H and O–H groups in total. The van der Waals surface area contributed by atoms with Crippen molar-refractivity contribution in [3.8, 4) is 0 Å². The van der Waals surface area contributed by atoms with Gasteiger partial charge in [0.25, 0.3) is 0 Å². The maximum absolute atomic E-state index is 13.1. The molecule has 22 heavy (non-hydrogen) atoms. The summed E-state index contributed by atoms with van der Waals surface area (Å²) in [6, 6.07) is 4.36. The van der Waals surface area contributed by atoms with Crippen molar-refractivity contribution < 1.29 is 14.3 Å². The lowest BCUT2D eigenvalue weighted by Crippen LogP contribution is -2.42. The topological polar surface area (TPSA) is 52.6 Å². The average molecular weight is 327 g/mol. The number of carbonyl (C=O) groups excluding carboxylic acids is 1. The predicted octanol–water partition coefficient (Wildman–Crippen LogP) is 1.80. The number of halogens is 2. The lowest BCUT2D eigenvalue weighted by atomic mass is 10.1. The standard InChI is InChI=1S/C16H20ClFN2O2/c17-14-5-13(18)4-3-11(14)6-20-7-12(9-21)15(8-20)19-16(22)10-1-2-10/h3-5,10,12,15,21H,1-2,6-9H2,(H,19,22)/t12-,15+/m0/s1. The highest BCUT2D eigenvalue weighted by atomic mass is 35.5. The first kappa shape index (κ1) is 15.7. The van der Waals surface area contributed by atoms with Gasteiger partial charge in [-0.05, 0) is 30.5 Å². The molecule has 2 atom stereocenters. The van der Waals surface area contributed by atoms with Crippen molar-refractivity contribution >= 4 is 17.5 Å². The van der Waals surface area contributed by atoms with Crippen LogP contribution in [0.5, 0.6) is 0 Å². The minimum atomic E-state index is -0.349. The SMILES string of the molecule is O=C(N[C@@H]1CN(Cc2ccc(F)cc2Cl)C[C@H]1CO)C1CC1. The third-order valence-corrected chi connectivity index (χ3v) is 4.79. The van der Waals surface area contributed by atoms with Crippen LogP contribution in [0.4, 0.5) is 4.39 Å². The van der Waals surface area contributed by atoms with Crippen molar-refractivity contribution in [3.05, 3.63) is 34.6 Å². The normalized spacial score (nSPS) is 25.4. The fraction of sp³-hybridized carbons (Fsp3) is 0.562. The number of likely N-dealkylation sites (tertiary alicyclic amines) is 1. The Hall–Kier alpha value is -1.17. The van der Waals surface area contributed by atoms with Crippen LogP contribution < -0.4 is 5.32 Å². The Morgan fingerprint density at radius 1 is 1.41 bits per heavy atom. The summed E-state index contributed by atoms with van der Waals surface area (Å²) in [6.07, 6.45) is 1.94. The van der Waals surface area contributed by atoms with Gasteiger partial charge in [-0.2, -0.15) is 0 Å². The quantitative estimate of drug-likeness (QED) is 0.867. The average Bonchev–Trinajstić information content (AvgIpc) is 3.26. The number of hydrogen-bond donors (Lipinski definition) is 2. The molecular formula is C16H20ClFN2O2. The van der Waals surface area contributed by atoms with Crippen molar-refractivity contribution in [3.63, 3.8) is 0 Å². The van der Waals surface area contributed by atoms with Crippen molar-refractivity contribution in [2.45, 2.75) is 25.4 Å². The van der Waals surface area contributed by atoms with E-state index in [1.807, 2.05) is 0 Å². The van der Waals surface area contributed by atoms with Gasteiger partial charge in [-0.1, -0.05) is 17.7 Å². The van der Waals surface area contributed by atoms with Gasteiger partial charge in [-0.25, -0.2) is 4.39 Å². The van der Waals surface area contributed by atoms with Crippen LogP contribution in [-0.2, 0) is 11.3 Å². The molecule has 0 unspecified atom stereocenters. The zero-order chi connectivity index (χ0) is 15.7.